The monoisotopic (exact) mass is 465 g/mol. The summed E-state index contributed by atoms with van der Waals surface area (Å²) < 4.78 is 13.7. The maximum atomic E-state index is 13.7. The van der Waals surface area contributed by atoms with Crippen molar-refractivity contribution in [3.05, 3.63) is 94.7 Å². The molecular formula is C24H14Cl2FN3S. The van der Waals surface area contributed by atoms with Crippen LogP contribution in [0, 0.1) is 5.82 Å². The molecule has 0 unspecified atom stereocenters. The van der Waals surface area contributed by atoms with Crippen molar-refractivity contribution in [3.8, 4) is 0 Å². The Bertz CT molecular complexity index is 1440. The van der Waals surface area contributed by atoms with Crippen LogP contribution in [-0.2, 0) is 0 Å². The third-order valence-corrected chi connectivity index (χ3v) is 6.40. The zero-order valence-electron chi connectivity index (χ0n) is 15.9. The van der Waals surface area contributed by atoms with Crippen LogP contribution in [0.15, 0.2) is 88.8 Å². The lowest BCUT2D eigenvalue weighted by molar-refractivity contribution is 0.628. The van der Waals surface area contributed by atoms with Gasteiger partial charge in [0.2, 0.25) is 0 Å². The molecule has 0 atom stereocenters. The van der Waals surface area contributed by atoms with Gasteiger partial charge in [0.15, 0.2) is 5.82 Å². The summed E-state index contributed by atoms with van der Waals surface area (Å²) >= 11 is 13.9. The molecule has 0 aliphatic rings. The van der Waals surface area contributed by atoms with Gasteiger partial charge in [0.25, 0.3) is 0 Å². The van der Waals surface area contributed by atoms with Crippen LogP contribution in [0.1, 0.15) is 0 Å². The molecule has 1 aromatic heterocycles. The molecule has 1 N–H and O–H groups in total. The molecule has 1 heterocycles. The standard InChI is InChI=1S/C24H14Cl2FN3S/c25-16-8-9-19(26)22(12-16)31-24-23(28-18-7-3-6-17(27)13-18)29-20-10-14-4-1-2-5-15(14)11-21(20)30-24/h1-13H,(H,28,29). The quantitative estimate of drug-likeness (QED) is 0.272. The Morgan fingerprint density at radius 1 is 0.774 bits per heavy atom. The van der Waals surface area contributed by atoms with Crippen LogP contribution in [0.5, 0.6) is 0 Å². The average Bonchev–Trinajstić information content (AvgIpc) is 2.75. The maximum absolute atomic E-state index is 13.7. The SMILES string of the molecule is Fc1cccc(Nc2nc3cc4ccccc4cc3nc2Sc2cc(Cl)ccc2Cl)c1. The van der Waals surface area contributed by atoms with Gasteiger partial charge in [-0.25, -0.2) is 14.4 Å². The minimum Gasteiger partial charge on any atom is -0.338 e. The van der Waals surface area contributed by atoms with Gasteiger partial charge in [-0.3, -0.25) is 0 Å². The third kappa shape index (κ3) is 4.30. The van der Waals surface area contributed by atoms with E-state index < -0.39 is 0 Å². The Morgan fingerprint density at radius 3 is 2.26 bits per heavy atom. The summed E-state index contributed by atoms with van der Waals surface area (Å²) in [5.41, 5.74) is 2.07. The van der Waals surface area contributed by atoms with Crippen LogP contribution in [-0.4, -0.2) is 9.97 Å². The number of benzene rings is 4. The van der Waals surface area contributed by atoms with Gasteiger partial charge in [0.05, 0.1) is 16.1 Å². The molecular weight excluding hydrogens is 452 g/mol. The fourth-order valence-electron chi connectivity index (χ4n) is 3.24. The lowest BCUT2D eigenvalue weighted by Gasteiger charge is -2.13. The lowest BCUT2D eigenvalue weighted by Crippen LogP contribution is -2.00. The minimum atomic E-state index is -0.336. The van der Waals surface area contributed by atoms with Gasteiger partial charge in [0, 0.05) is 15.6 Å². The van der Waals surface area contributed by atoms with Crippen LogP contribution in [0.2, 0.25) is 10.0 Å². The van der Waals surface area contributed by atoms with Crippen molar-refractivity contribution in [2.45, 2.75) is 9.92 Å². The number of nitrogens with zero attached hydrogens (tertiary/aromatic N) is 2. The molecule has 152 valence electrons. The Labute approximate surface area is 192 Å². The van der Waals surface area contributed by atoms with Gasteiger partial charge in [-0.15, -0.1) is 0 Å². The van der Waals surface area contributed by atoms with Gasteiger partial charge < -0.3 is 5.32 Å². The molecule has 0 amide bonds. The van der Waals surface area contributed by atoms with Crippen molar-refractivity contribution in [1.82, 2.24) is 9.97 Å². The first kappa shape index (κ1) is 20.1. The number of anilines is 2. The molecule has 0 radical (unpaired) electrons. The molecule has 0 saturated carbocycles. The first-order valence-electron chi connectivity index (χ1n) is 9.41. The molecule has 5 aromatic rings. The topological polar surface area (TPSA) is 37.8 Å². The van der Waals surface area contributed by atoms with Crippen molar-refractivity contribution in [2.24, 2.45) is 0 Å². The first-order chi connectivity index (χ1) is 15.0. The number of hydrogen-bond donors (Lipinski definition) is 1. The van der Waals surface area contributed by atoms with Crippen molar-refractivity contribution < 1.29 is 4.39 Å². The predicted molar refractivity (Wildman–Crippen MR) is 127 cm³/mol. The molecule has 0 fully saturated rings. The van der Waals surface area contributed by atoms with Crippen molar-refractivity contribution in [3.63, 3.8) is 0 Å². The highest BCUT2D eigenvalue weighted by Crippen LogP contribution is 2.39. The van der Waals surface area contributed by atoms with E-state index in [1.54, 1.807) is 30.3 Å². The molecule has 7 heteroatoms. The summed E-state index contributed by atoms with van der Waals surface area (Å²) in [7, 11) is 0. The predicted octanol–water partition coefficient (Wildman–Crippen LogP) is 8.12. The van der Waals surface area contributed by atoms with E-state index in [0.717, 1.165) is 26.7 Å². The molecule has 0 aliphatic carbocycles. The van der Waals surface area contributed by atoms with E-state index in [1.807, 2.05) is 36.4 Å². The van der Waals surface area contributed by atoms with Crippen LogP contribution >= 0.6 is 35.0 Å². The minimum absolute atomic E-state index is 0.336. The zero-order valence-corrected chi connectivity index (χ0v) is 18.3. The largest absolute Gasteiger partial charge is 0.338 e. The Balaban J connectivity index is 1.67. The summed E-state index contributed by atoms with van der Waals surface area (Å²) in [6, 6.07) is 23.5. The van der Waals surface area contributed by atoms with E-state index in [0.29, 0.717) is 26.6 Å². The van der Waals surface area contributed by atoms with Crippen LogP contribution in [0.4, 0.5) is 15.9 Å². The lowest BCUT2D eigenvalue weighted by atomic mass is 10.1. The number of nitrogens with one attached hydrogen (secondary N) is 1. The highest BCUT2D eigenvalue weighted by molar-refractivity contribution is 7.99. The van der Waals surface area contributed by atoms with Gasteiger partial charge in [0.1, 0.15) is 10.8 Å². The number of hydrogen-bond acceptors (Lipinski definition) is 4. The molecule has 0 saturated heterocycles. The van der Waals surface area contributed by atoms with E-state index in [9.17, 15) is 4.39 Å². The third-order valence-electron chi connectivity index (χ3n) is 4.69. The molecule has 0 bridgehead atoms. The van der Waals surface area contributed by atoms with E-state index in [1.165, 1.54) is 23.9 Å². The van der Waals surface area contributed by atoms with Crippen LogP contribution < -0.4 is 5.32 Å². The normalized spacial score (nSPS) is 11.2. The highest BCUT2D eigenvalue weighted by atomic mass is 35.5. The van der Waals surface area contributed by atoms with Gasteiger partial charge >= 0.3 is 0 Å². The average molecular weight is 466 g/mol. The Kier molecular flexibility index (Phi) is 5.40. The fraction of sp³-hybridized carbons (Fsp3) is 0. The Morgan fingerprint density at radius 2 is 1.52 bits per heavy atom. The van der Waals surface area contributed by atoms with E-state index in [2.05, 4.69) is 5.32 Å². The molecule has 4 aromatic carbocycles. The van der Waals surface area contributed by atoms with Crippen molar-refractivity contribution in [1.29, 1.82) is 0 Å². The number of halogens is 3. The fourth-order valence-corrected chi connectivity index (χ4v) is 4.61. The molecule has 31 heavy (non-hydrogen) atoms. The molecule has 5 rings (SSSR count). The summed E-state index contributed by atoms with van der Waals surface area (Å²) in [6.07, 6.45) is 0. The smallest absolute Gasteiger partial charge is 0.164 e. The number of rotatable bonds is 4. The highest BCUT2D eigenvalue weighted by Gasteiger charge is 2.14. The van der Waals surface area contributed by atoms with E-state index in [-0.39, 0.29) is 5.82 Å². The second kappa shape index (κ2) is 8.35. The summed E-state index contributed by atoms with van der Waals surface area (Å²) in [5.74, 6) is 0.172. The Hall–Kier alpha value is -2.86. The molecule has 3 nitrogen and oxygen atoms in total. The van der Waals surface area contributed by atoms with Gasteiger partial charge in [-0.05, 0) is 59.3 Å². The van der Waals surface area contributed by atoms with Crippen molar-refractivity contribution >= 4 is 68.3 Å². The second-order valence-electron chi connectivity index (χ2n) is 6.88. The second-order valence-corrected chi connectivity index (χ2v) is 8.75. The maximum Gasteiger partial charge on any atom is 0.164 e. The molecule has 0 aliphatic heterocycles. The summed E-state index contributed by atoms with van der Waals surface area (Å²) in [5, 5.41) is 7.09. The summed E-state index contributed by atoms with van der Waals surface area (Å²) in [4.78, 5) is 10.4. The molecule has 0 spiro atoms. The zero-order chi connectivity index (χ0) is 21.4. The van der Waals surface area contributed by atoms with Crippen molar-refractivity contribution in [2.75, 3.05) is 5.32 Å². The van der Waals surface area contributed by atoms with E-state index in [4.69, 9.17) is 33.2 Å². The van der Waals surface area contributed by atoms with Gasteiger partial charge in [-0.2, -0.15) is 0 Å². The van der Waals surface area contributed by atoms with Gasteiger partial charge in [-0.1, -0.05) is 65.3 Å². The number of aromatic nitrogens is 2. The van der Waals surface area contributed by atoms with Crippen LogP contribution in [0.3, 0.4) is 0 Å². The number of fused-ring (bicyclic) bond motifs is 2. The summed E-state index contributed by atoms with van der Waals surface area (Å²) in [6.45, 7) is 0. The first-order valence-corrected chi connectivity index (χ1v) is 11.0. The van der Waals surface area contributed by atoms with E-state index >= 15 is 0 Å². The van der Waals surface area contributed by atoms with Crippen LogP contribution in [0.25, 0.3) is 21.8 Å².